The summed E-state index contributed by atoms with van der Waals surface area (Å²) in [5.41, 5.74) is 1.73. The van der Waals surface area contributed by atoms with Gasteiger partial charge in [0.05, 0.1) is 0 Å². The Morgan fingerprint density at radius 3 is 2.65 bits per heavy atom. The molecule has 0 radical (unpaired) electrons. The molecule has 5 rings (SSSR count). The molecule has 0 unspecified atom stereocenters. The van der Waals surface area contributed by atoms with E-state index in [0.29, 0.717) is 5.75 Å². The van der Waals surface area contributed by atoms with Crippen LogP contribution in [-0.4, -0.2) is 27.3 Å². The Bertz CT molecular complexity index is 1210. The zero-order valence-corrected chi connectivity index (χ0v) is 17.3. The second kappa shape index (κ2) is 8.60. The van der Waals surface area contributed by atoms with E-state index in [1.165, 1.54) is 12.8 Å². The van der Waals surface area contributed by atoms with E-state index in [1.54, 1.807) is 0 Å². The number of anilines is 1. The lowest BCUT2D eigenvalue weighted by atomic mass is 10.1. The normalized spacial score (nSPS) is 13.4. The largest absolute Gasteiger partial charge is 0.484 e. The zero-order chi connectivity index (χ0) is 21.0. The monoisotopic (exact) mass is 412 g/mol. The number of benzene rings is 3. The van der Waals surface area contributed by atoms with Crippen LogP contribution in [0.5, 0.6) is 5.75 Å². The number of aromatic nitrogens is 3. The fourth-order valence-electron chi connectivity index (χ4n) is 4.00. The average molecular weight is 412 g/mol. The van der Waals surface area contributed by atoms with Gasteiger partial charge in [-0.1, -0.05) is 36.8 Å². The van der Waals surface area contributed by atoms with E-state index >= 15 is 0 Å². The molecule has 3 aromatic carbocycles. The van der Waals surface area contributed by atoms with E-state index in [0.717, 1.165) is 53.1 Å². The topological polar surface area (TPSA) is 69.0 Å². The molecule has 0 fully saturated rings. The molecule has 0 aliphatic carbocycles. The van der Waals surface area contributed by atoms with Gasteiger partial charge in [-0.25, -0.2) is 0 Å². The number of fused-ring (bicyclic) bond motifs is 2. The zero-order valence-electron chi connectivity index (χ0n) is 17.3. The molecule has 156 valence electrons. The van der Waals surface area contributed by atoms with Crippen molar-refractivity contribution in [3.8, 4) is 17.1 Å². The summed E-state index contributed by atoms with van der Waals surface area (Å²) in [4.78, 5) is 12.3. The molecule has 0 spiro atoms. The summed E-state index contributed by atoms with van der Waals surface area (Å²) in [7, 11) is 0. The fraction of sp³-hybridized carbons (Fsp3) is 0.240. The van der Waals surface area contributed by atoms with Crippen LogP contribution in [0, 0.1) is 0 Å². The van der Waals surface area contributed by atoms with E-state index in [2.05, 4.69) is 20.1 Å². The van der Waals surface area contributed by atoms with Gasteiger partial charge in [-0.3, -0.25) is 4.79 Å². The lowest BCUT2D eigenvalue weighted by Crippen LogP contribution is -2.20. The van der Waals surface area contributed by atoms with E-state index in [-0.39, 0.29) is 12.5 Å². The Hall–Kier alpha value is -3.67. The number of carbonyl (C=O) groups is 1. The van der Waals surface area contributed by atoms with E-state index in [9.17, 15) is 4.79 Å². The highest BCUT2D eigenvalue weighted by molar-refractivity contribution is 5.92. The first-order chi connectivity index (χ1) is 15.3. The molecule has 1 aliphatic rings. The SMILES string of the molecule is O=C(COc1ccc2ccccc2c1)Nc1ccc(-c2nnc3n2CCCCC3)cc1. The number of nitrogens with zero attached hydrogens (tertiary/aromatic N) is 3. The van der Waals surface area contributed by atoms with Crippen LogP contribution < -0.4 is 10.1 Å². The third-order valence-electron chi connectivity index (χ3n) is 5.63. The number of hydrogen-bond donors (Lipinski definition) is 1. The van der Waals surface area contributed by atoms with Gasteiger partial charge in [0.2, 0.25) is 0 Å². The van der Waals surface area contributed by atoms with Gasteiger partial charge in [-0.15, -0.1) is 10.2 Å². The van der Waals surface area contributed by atoms with Crippen LogP contribution in [0.25, 0.3) is 22.2 Å². The van der Waals surface area contributed by atoms with Crippen molar-refractivity contribution in [2.75, 3.05) is 11.9 Å². The molecular weight excluding hydrogens is 388 g/mol. The Labute approximate surface area is 180 Å². The van der Waals surface area contributed by atoms with E-state index in [4.69, 9.17) is 4.74 Å². The second-order valence-electron chi connectivity index (χ2n) is 7.83. The minimum atomic E-state index is -0.197. The summed E-state index contributed by atoms with van der Waals surface area (Å²) in [6.45, 7) is 0.917. The molecule has 0 atom stereocenters. The molecule has 6 heteroatoms. The second-order valence-corrected chi connectivity index (χ2v) is 7.83. The maximum atomic E-state index is 12.3. The molecular formula is C25H24N4O2. The minimum Gasteiger partial charge on any atom is -0.484 e. The lowest BCUT2D eigenvalue weighted by Gasteiger charge is -2.10. The highest BCUT2D eigenvalue weighted by Gasteiger charge is 2.16. The molecule has 4 aromatic rings. The van der Waals surface area contributed by atoms with Crippen molar-refractivity contribution in [2.45, 2.75) is 32.2 Å². The van der Waals surface area contributed by atoms with Crippen molar-refractivity contribution in [3.63, 3.8) is 0 Å². The molecule has 0 saturated carbocycles. The Morgan fingerprint density at radius 2 is 1.77 bits per heavy atom. The van der Waals surface area contributed by atoms with Gasteiger partial charge in [0.25, 0.3) is 5.91 Å². The summed E-state index contributed by atoms with van der Waals surface area (Å²) in [6.07, 6.45) is 4.54. The quantitative estimate of drug-likeness (QED) is 0.509. The van der Waals surface area contributed by atoms with E-state index in [1.807, 2.05) is 66.7 Å². The predicted octanol–water partition coefficient (Wildman–Crippen LogP) is 4.84. The lowest BCUT2D eigenvalue weighted by molar-refractivity contribution is -0.118. The van der Waals surface area contributed by atoms with Crippen molar-refractivity contribution in [1.82, 2.24) is 14.8 Å². The van der Waals surface area contributed by atoms with Crippen molar-refractivity contribution in [2.24, 2.45) is 0 Å². The Balaban J connectivity index is 1.21. The number of nitrogens with one attached hydrogen (secondary N) is 1. The van der Waals surface area contributed by atoms with Crippen LogP contribution in [0.4, 0.5) is 5.69 Å². The minimum absolute atomic E-state index is 0.0439. The Morgan fingerprint density at radius 1 is 0.935 bits per heavy atom. The average Bonchev–Trinajstić information content (AvgIpc) is 3.06. The van der Waals surface area contributed by atoms with Gasteiger partial charge in [-0.05, 0) is 60.0 Å². The first kappa shape index (κ1) is 19.3. The van der Waals surface area contributed by atoms with Crippen molar-refractivity contribution in [3.05, 3.63) is 72.6 Å². The molecule has 1 N–H and O–H groups in total. The molecule has 6 nitrogen and oxygen atoms in total. The number of rotatable bonds is 5. The van der Waals surface area contributed by atoms with Gasteiger partial charge in [0.1, 0.15) is 11.6 Å². The van der Waals surface area contributed by atoms with Gasteiger partial charge in [-0.2, -0.15) is 0 Å². The molecule has 1 aromatic heterocycles. The number of ether oxygens (including phenoxy) is 1. The first-order valence-electron chi connectivity index (χ1n) is 10.7. The summed E-state index contributed by atoms with van der Waals surface area (Å²) in [5, 5.41) is 13.9. The van der Waals surface area contributed by atoms with E-state index < -0.39 is 0 Å². The third-order valence-corrected chi connectivity index (χ3v) is 5.63. The molecule has 1 aliphatic heterocycles. The van der Waals surface area contributed by atoms with Crippen molar-refractivity contribution in [1.29, 1.82) is 0 Å². The van der Waals surface area contributed by atoms with Crippen molar-refractivity contribution >= 4 is 22.4 Å². The summed E-state index contributed by atoms with van der Waals surface area (Å²) in [6, 6.07) is 21.6. The number of aryl methyl sites for hydroxylation is 1. The summed E-state index contributed by atoms with van der Waals surface area (Å²) < 4.78 is 7.89. The van der Waals surface area contributed by atoms with Crippen LogP contribution in [0.2, 0.25) is 0 Å². The van der Waals surface area contributed by atoms with Gasteiger partial charge in [0, 0.05) is 24.2 Å². The number of amides is 1. The highest BCUT2D eigenvalue weighted by atomic mass is 16.5. The molecule has 0 bridgehead atoms. The standard InChI is InChI=1S/C25H24N4O2/c30-24(17-31-22-14-11-18-6-3-4-7-20(18)16-22)26-21-12-9-19(10-13-21)25-28-27-23-8-2-1-5-15-29(23)25/h3-4,6-7,9-14,16H,1-2,5,8,15,17H2,(H,26,30). The molecule has 31 heavy (non-hydrogen) atoms. The smallest absolute Gasteiger partial charge is 0.262 e. The summed E-state index contributed by atoms with van der Waals surface area (Å²) >= 11 is 0. The van der Waals surface area contributed by atoms with Gasteiger partial charge in [0.15, 0.2) is 12.4 Å². The van der Waals surface area contributed by atoms with Gasteiger partial charge < -0.3 is 14.6 Å². The molecule has 1 amide bonds. The molecule has 0 saturated heterocycles. The summed E-state index contributed by atoms with van der Waals surface area (Å²) in [5.74, 6) is 2.44. The Kier molecular flexibility index (Phi) is 5.35. The van der Waals surface area contributed by atoms with Crippen LogP contribution in [0.15, 0.2) is 66.7 Å². The van der Waals surface area contributed by atoms with Crippen molar-refractivity contribution < 1.29 is 9.53 Å². The highest BCUT2D eigenvalue weighted by Crippen LogP contribution is 2.24. The van der Waals surface area contributed by atoms with Crippen LogP contribution >= 0.6 is 0 Å². The maximum Gasteiger partial charge on any atom is 0.262 e. The van der Waals surface area contributed by atoms with Crippen LogP contribution in [0.3, 0.4) is 0 Å². The first-order valence-corrected chi connectivity index (χ1v) is 10.7. The fourth-order valence-corrected chi connectivity index (χ4v) is 4.00. The number of carbonyl (C=O) groups excluding carboxylic acids is 1. The third kappa shape index (κ3) is 4.28. The predicted molar refractivity (Wildman–Crippen MR) is 121 cm³/mol. The number of hydrogen-bond acceptors (Lipinski definition) is 4. The van der Waals surface area contributed by atoms with Crippen LogP contribution in [-0.2, 0) is 17.8 Å². The van der Waals surface area contributed by atoms with Gasteiger partial charge >= 0.3 is 0 Å². The van der Waals surface area contributed by atoms with Crippen LogP contribution in [0.1, 0.15) is 25.1 Å². The molecule has 2 heterocycles. The maximum absolute atomic E-state index is 12.3.